The van der Waals surface area contributed by atoms with Crippen LogP contribution in [-0.4, -0.2) is 16.6 Å². The number of hydrogen-bond donors (Lipinski definition) is 1. The lowest BCUT2D eigenvalue weighted by Crippen LogP contribution is -2.13. The number of benzene rings is 3. The molecule has 0 unspecified atom stereocenters. The van der Waals surface area contributed by atoms with Crippen LogP contribution in [0.1, 0.15) is 0 Å². The van der Waals surface area contributed by atoms with Gasteiger partial charge in [-0.1, -0.05) is 29.3 Å². The van der Waals surface area contributed by atoms with Gasteiger partial charge in [0.2, 0.25) is 11.8 Å². The van der Waals surface area contributed by atoms with Gasteiger partial charge in [0.1, 0.15) is 5.52 Å². The molecule has 0 aliphatic rings. The van der Waals surface area contributed by atoms with Crippen LogP contribution in [0.25, 0.3) is 22.6 Å². The quantitative estimate of drug-likeness (QED) is 0.367. The van der Waals surface area contributed by atoms with Crippen LogP contribution in [0.3, 0.4) is 0 Å². The van der Waals surface area contributed by atoms with Crippen molar-refractivity contribution < 1.29 is 9.21 Å². The fraction of sp³-hybridized carbons (Fsp3) is 0.0476. The molecular weight excluding hydrogens is 415 g/mol. The van der Waals surface area contributed by atoms with Crippen molar-refractivity contribution in [2.75, 3.05) is 11.1 Å². The van der Waals surface area contributed by atoms with Gasteiger partial charge in [0.05, 0.1) is 5.75 Å². The maximum atomic E-state index is 12.2. The Balaban J connectivity index is 1.45. The molecule has 0 spiro atoms. The van der Waals surface area contributed by atoms with E-state index in [2.05, 4.69) is 10.3 Å². The lowest BCUT2D eigenvalue weighted by atomic mass is 10.2. The van der Waals surface area contributed by atoms with E-state index in [-0.39, 0.29) is 5.91 Å². The zero-order valence-corrected chi connectivity index (χ0v) is 16.8. The van der Waals surface area contributed by atoms with Crippen LogP contribution in [0.2, 0.25) is 10.0 Å². The van der Waals surface area contributed by atoms with Crippen molar-refractivity contribution in [3.8, 4) is 11.5 Å². The molecule has 1 heterocycles. The number of halogens is 2. The van der Waals surface area contributed by atoms with Gasteiger partial charge in [-0.15, -0.1) is 11.8 Å². The molecule has 28 heavy (non-hydrogen) atoms. The minimum Gasteiger partial charge on any atom is -0.436 e. The topological polar surface area (TPSA) is 55.1 Å². The third-order valence-corrected chi connectivity index (χ3v) is 5.43. The Labute approximate surface area is 175 Å². The van der Waals surface area contributed by atoms with Gasteiger partial charge < -0.3 is 9.73 Å². The highest BCUT2D eigenvalue weighted by Gasteiger charge is 2.10. The van der Waals surface area contributed by atoms with Crippen molar-refractivity contribution in [1.29, 1.82) is 0 Å². The summed E-state index contributed by atoms with van der Waals surface area (Å²) in [6, 6.07) is 20.1. The molecule has 1 N–H and O–H groups in total. The normalized spacial score (nSPS) is 10.9. The van der Waals surface area contributed by atoms with Crippen molar-refractivity contribution in [3.05, 3.63) is 76.8 Å². The first-order valence-electron chi connectivity index (χ1n) is 8.41. The van der Waals surface area contributed by atoms with Gasteiger partial charge in [-0.05, 0) is 60.7 Å². The molecule has 7 heteroatoms. The van der Waals surface area contributed by atoms with Crippen LogP contribution in [-0.2, 0) is 4.79 Å². The minimum absolute atomic E-state index is 0.0992. The van der Waals surface area contributed by atoms with Crippen LogP contribution in [0.15, 0.2) is 76.0 Å². The number of amides is 1. The Bertz CT molecular complexity index is 1140. The zero-order valence-electron chi connectivity index (χ0n) is 14.5. The number of aromatic nitrogens is 1. The Morgan fingerprint density at radius 3 is 2.61 bits per heavy atom. The summed E-state index contributed by atoms with van der Waals surface area (Å²) in [5, 5.41) is 4.17. The number of nitrogens with zero attached hydrogens (tertiary/aromatic N) is 1. The minimum atomic E-state index is -0.0992. The predicted molar refractivity (Wildman–Crippen MR) is 115 cm³/mol. The molecule has 140 valence electrons. The first kappa shape index (κ1) is 18.9. The number of oxazole rings is 1. The van der Waals surface area contributed by atoms with E-state index in [1.54, 1.807) is 42.5 Å². The molecule has 4 nitrogen and oxygen atoms in total. The van der Waals surface area contributed by atoms with E-state index in [1.165, 1.54) is 11.8 Å². The first-order valence-corrected chi connectivity index (χ1v) is 10.2. The highest BCUT2D eigenvalue weighted by molar-refractivity contribution is 8.00. The second-order valence-corrected chi connectivity index (χ2v) is 7.92. The molecule has 1 amide bonds. The second-order valence-electron chi connectivity index (χ2n) is 6.00. The van der Waals surface area contributed by atoms with Gasteiger partial charge in [0, 0.05) is 26.2 Å². The molecule has 0 aliphatic heterocycles. The van der Waals surface area contributed by atoms with Gasteiger partial charge in [0.25, 0.3) is 0 Å². The molecule has 0 bridgehead atoms. The third-order valence-electron chi connectivity index (χ3n) is 3.93. The fourth-order valence-corrected chi connectivity index (χ4v) is 3.64. The second kappa shape index (κ2) is 8.27. The van der Waals surface area contributed by atoms with Gasteiger partial charge >= 0.3 is 0 Å². The number of fused-ring (bicyclic) bond motifs is 1. The summed E-state index contributed by atoms with van der Waals surface area (Å²) >= 11 is 13.3. The molecule has 4 rings (SSSR count). The van der Waals surface area contributed by atoms with E-state index < -0.39 is 0 Å². The van der Waals surface area contributed by atoms with Gasteiger partial charge in [-0.25, -0.2) is 4.98 Å². The first-order chi connectivity index (χ1) is 13.6. The summed E-state index contributed by atoms with van der Waals surface area (Å²) in [6.07, 6.45) is 0. The van der Waals surface area contributed by atoms with E-state index in [4.69, 9.17) is 27.6 Å². The summed E-state index contributed by atoms with van der Waals surface area (Å²) in [6.45, 7) is 0. The summed E-state index contributed by atoms with van der Waals surface area (Å²) in [4.78, 5) is 17.7. The van der Waals surface area contributed by atoms with Crippen molar-refractivity contribution >= 4 is 57.7 Å². The number of carbonyl (C=O) groups excluding carboxylic acids is 1. The number of carbonyl (C=O) groups is 1. The maximum Gasteiger partial charge on any atom is 0.234 e. The molecule has 4 aromatic rings. The average molecular weight is 429 g/mol. The molecule has 0 saturated carbocycles. The average Bonchev–Trinajstić information content (AvgIpc) is 3.11. The Morgan fingerprint density at radius 1 is 1.00 bits per heavy atom. The summed E-state index contributed by atoms with van der Waals surface area (Å²) in [5.41, 5.74) is 2.77. The van der Waals surface area contributed by atoms with E-state index >= 15 is 0 Å². The largest absolute Gasteiger partial charge is 0.436 e. The van der Waals surface area contributed by atoms with Crippen molar-refractivity contribution in [1.82, 2.24) is 4.98 Å². The van der Waals surface area contributed by atoms with E-state index in [0.717, 1.165) is 10.5 Å². The SMILES string of the molecule is O=C(CSc1ccc(Cl)cc1)Nc1ccc2oc(-c3cccc(Cl)c3)nc2c1. The van der Waals surface area contributed by atoms with Crippen LogP contribution in [0, 0.1) is 0 Å². The van der Waals surface area contributed by atoms with Crippen molar-refractivity contribution in [3.63, 3.8) is 0 Å². The molecule has 0 saturated heterocycles. The Hall–Kier alpha value is -2.47. The van der Waals surface area contributed by atoms with Crippen LogP contribution in [0.5, 0.6) is 0 Å². The standard InChI is InChI=1S/C21H14Cl2N2O2S/c22-14-4-7-17(8-5-14)28-12-20(26)24-16-6-9-19-18(11-16)25-21(27-19)13-2-1-3-15(23)10-13/h1-11H,12H2,(H,24,26). The number of hydrogen-bond acceptors (Lipinski definition) is 4. The number of thioether (sulfide) groups is 1. The van der Waals surface area contributed by atoms with Crippen molar-refractivity contribution in [2.45, 2.75) is 4.90 Å². The Kier molecular flexibility index (Phi) is 5.57. The van der Waals surface area contributed by atoms with Gasteiger partial charge in [-0.3, -0.25) is 4.79 Å². The molecule has 0 fully saturated rings. The lowest BCUT2D eigenvalue weighted by Gasteiger charge is -2.05. The van der Waals surface area contributed by atoms with E-state index in [9.17, 15) is 4.79 Å². The highest BCUT2D eigenvalue weighted by Crippen LogP contribution is 2.28. The van der Waals surface area contributed by atoms with Crippen molar-refractivity contribution in [2.24, 2.45) is 0 Å². The lowest BCUT2D eigenvalue weighted by molar-refractivity contribution is -0.113. The zero-order chi connectivity index (χ0) is 19.5. The third kappa shape index (κ3) is 4.50. The number of rotatable bonds is 5. The van der Waals surface area contributed by atoms with Gasteiger partial charge in [0.15, 0.2) is 5.58 Å². The Morgan fingerprint density at radius 2 is 1.82 bits per heavy atom. The van der Waals surface area contributed by atoms with Crippen LogP contribution < -0.4 is 5.32 Å². The van der Waals surface area contributed by atoms with Gasteiger partial charge in [-0.2, -0.15) is 0 Å². The predicted octanol–water partition coefficient (Wildman–Crippen LogP) is 6.53. The molecular formula is C21H14Cl2N2O2S. The van der Waals surface area contributed by atoms with E-state index in [0.29, 0.717) is 38.5 Å². The number of anilines is 1. The molecule has 3 aromatic carbocycles. The monoisotopic (exact) mass is 428 g/mol. The fourth-order valence-electron chi connectivity index (χ4n) is 2.63. The molecule has 0 aliphatic carbocycles. The molecule has 1 aromatic heterocycles. The summed E-state index contributed by atoms with van der Waals surface area (Å²) < 4.78 is 5.79. The van der Waals surface area contributed by atoms with E-state index in [1.807, 2.05) is 24.3 Å². The highest BCUT2D eigenvalue weighted by atomic mass is 35.5. The summed E-state index contributed by atoms with van der Waals surface area (Å²) in [5.74, 6) is 0.684. The number of nitrogens with one attached hydrogen (secondary N) is 1. The maximum absolute atomic E-state index is 12.2. The summed E-state index contributed by atoms with van der Waals surface area (Å²) in [7, 11) is 0. The van der Waals surface area contributed by atoms with Crippen LogP contribution >= 0.6 is 35.0 Å². The van der Waals surface area contributed by atoms with Crippen LogP contribution in [0.4, 0.5) is 5.69 Å². The molecule has 0 atom stereocenters. The molecule has 0 radical (unpaired) electrons. The smallest absolute Gasteiger partial charge is 0.234 e.